The maximum absolute atomic E-state index is 12.5. The first-order valence-corrected chi connectivity index (χ1v) is 10.2. The number of amides is 2. The molecule has 2 amide bonds. The third kappa shape index (κ3) is 4.80. The summed E-state index contributed by atoms with van der Waals surface area (Å²) in [5.41, 5.74) is 0.433. The van der Waals surface area contributed by atoms with E-state index >= 15 is 0 Å². The number of halogens is 1. The van der Waals surface area contributed by atoms with Gasteiger partial charge in [-0.05, 0) is 51.1 Å². The lowest BCUT2D eigenvalue weighted by Crippen LogP contribution is -2.34. The number of furan rings is 1. The van der Waals surface area contributed by atoms with Crippen LogP contribution in [0.5, 0.6) is 0 Å². The number of aromatic nitrogens is 4. The molecule has 4 aromatic rings. The van der Waals surface area contributed by atoms with Gasteiger partial charge in [0, 0.05) is 23.4 Å². The maximum Gasteiger partial charge on any atom is 0.407 e. The summed E-state index contributed by atoms with van der Waals surface area (Å²) >= 11 is 6.15. The quantitative estimate of drug-likeness (QED) is 0.464. The zero-order valence-corrected chi connectivity index (χ0v) is 18.4. The van der Waals surface area contributed by atoms with Crippen molar-refractivity contribution in [3.05, 3.63) is 41.6 Å². The third-order valence-electron chi connectivity index (χ3n) is 4.25. The summed E-state index contributed by atoms with van der Waals surface area (Å²) in [4.78, 5) is 33.3. The molecule has 0 saturated carbocycles. The van der Waals surface area contributed by atoms with Crippen molar-refractivity contribution >= 4 is 46.1 Å². The average Bonchev–Trinajstić information content (AvgIpc) is 3.37. The standard InChI is InChI=1S/C21H21ClN6O4/c1-21(2,3)32-20(30)23-9-8-16(29)25-19-24-14-7-6-12(22)11-13(14)18-26-17(27-28(18)19)15-5-4-10-31-15/h4-7,10-11H,8-9H2,1-3H3,(H,23,30)(H,24,25,29). The molecule has 0 unspecified atom stereocenters. The number of nitrogens with zero attached hydrogens (tertiary/aromatic N) is 4. The summed E-state index contributed by atoms with van der Waals surface area (Å²) in [5, 5.41) is 10.9. The van der Waals surface area contributed by atoms with Gasteiger partial charge < -0.3 is 14.5 Å². The van der Waals surface area contributed by atoms with Crippen LogP contribution < -0.4 is 10.6 Å². The molecule has 3 heterocycles. The molecule has 1 aromatic carbocycles. The zero-order valence-electron chi connectivity index (χ0n) is 17.7. The number of hydrogen-bond donors (Lipinski definition) is 2. The van der Waals surface area contributed by atoms with E-state index in [1.54, 1.807) is 51.1 Å². The van der Waals surface area contributed by atoms with Crippen LogP contribution in [-0.2, 0) is 9.53 Å². The molecule has 0 aliphatic heterocycles. The van der Waals surface area contributed by atoms with Gasteiger partial charge in [-0.2, -0.15) is 4.52 Å². The lowest BCUT2D eigenvalue weighted by molar-refractivity contribution is -0.116. The molecule has 166 valence electrons. The summed E-state index contributed by atoms with van der Waals surface area (Å²) in [5.74, 6) is 0.634. The third-order valence-corrected chi connectivity index (χ3v) is 4.48. The lowest BCUT2D eigenvalue weighted by Gasteiger charge is -2.19. The average molecular weight is 457 g/mol. The van der Waals surface area contributed by atoms with E-state index in [0.717, 1.165) is 0 Å². The van der Waals surface area contributed by atoms with Crippen LogP contribution in [0, 0.1) is 0 Å². The van der Waals surface area contributed by atoms with Crippen molar-refractivity contribution in [1.82, 2.24) is 24.9 Å². The van der Waals surface area contributed by atoms with E-state index in [1.807, 2.05) is 0 Å². The highest BCUT2D eigenvalue weighted by molar-refractivity contribution is 6.31. The molecule has 0 radical (unpaired) electrons. The van der Waals surface area contributed by atoms with E-state index in [4.69, 9.17) is 20.8 Å². The van der Waals surface area contributed by atoms with Gasteiger partial charge in [0.2, 0.25) is 17.7 Å². The molecule has 0 aliphatic carbocycles. The fourth-order valence-corrected chi connectivity index (χ4v) is 3.12. The lowest BCUT2D eigenvalue weighted by atomic mass is 10.2. The molecule has 0 bridgehead atoms. The monoisotopic (exact) mass is 456 g/mol. The number of rotatable bonds is 5. The number of fused-ring (bicyclic) bond motifs is 3. The van der Waals surface area contributed by atoms with Crippen LogP contribution in [0.4, 0.5) is 10.7 Å². The van der Waals surface area contributed by atoms with Crippen LogP contribution in [-0.4, -0.2) is 43.7 Å². The van der Waals surface area contributed by atoms with E-state index in [0.29, 0.717) is 33.2 Å². The van der Waals surface area contributed by atoms with Gasteiger partial charge in [0.25, 0.3) is 0 Å². The number of carbonyl (C=O) groups is 2. The number of alkyl carbamates (subject to hydrolysis) is 1. The number of anilines is 1. The molecule has 2 N–H and O–H groups in total. The number of hydrogen-bond acceptors (Lipinski definition) is 7. The Hall–Kier alpha value is -3.66. The van der Waals surface area contributed by atoms with E-state index in [1.165, 1.54) is 10.8 Å². The summed E-state index contributed by atoms with van der Waals surface area (Å²) in [6.07, 6.45) is 0.947. The summed E-state index contributed by atoms with van der Waals surface area (Å²) in [6.45, 7) is 5.39. The van der Waals surface area contributed by atoms with Crippen LogP contribution >= 0.6 is 11.6 Å². The number of benzene rings is 1. The molecule has 0 fully saturated rings. The number of carbonyl (C=O) groups excluding carboxylic acids is 2. The van der Waals surface area contributed by atoms with Crippen LogP contribution in [0.2, 0.25) is 5.02 Å². The van der Waals surface area contributed by atoms with Gasteiger partial charge in [-0.3, -0.25) is 10.1 Å². The van der Waals surface area contributed by atoms with Crippen molar-refractivity contribution in [3.63, 3.8) is 0 Å². The van der Waals surface area contributed by atoms with Crippen molar-refractivity contribution in [2.75, 3.05) is 11.9 Å². The van der Waals surface area contributed by atoms with E-state index in [-0.39, 0.29) is 24.8 Å². The Morgan fingerprint density at radius 2 is 2.03 bits per heavy atom. The largest absolute Gasteiger partial charge is 0.461 e. The second-order valence-electron chi connectivity index (χ2n) is 7.97. The van der Waals surface area contributed by atoms with Crippen molar-refractivity contribution in [2.24, 2.45) is 0 Å². The predicted molar refractivity (Wildman–Crippen MR) is 118 cm³/mol. The Morgan fingerprint density at radius 3 is 2.75 bits per heavy atom. The van der Waals surface area contributed by atoms with Crippen LogP contribution in [0.1, 0.15) is 27.2 Å². The predicted octanol–water partition coefficient (Wildman–Crippen LogP) is 4.04. The molecule has 0 spiro atoms. The minimum atomic E-state index is -0.616. The van der Waals surface area contributed by atoms with Gasteiger partial charge >= 0.3 is 6.09 Å². The molecule has 11 heteroatoms. The van der Waals surface area contributed by atoms with Gasteiger partial charge in [0.15, 0.2) is 11.4 Å². The van der Waals surface area contributed by atoms with Gasteiger partial charge in [-0.15, -0.1) is 5.10 Å². The van der Waals surface area contributed by atoms with E-state index in [2.05, 4.69) is 25.7 Å². The molecule has 32 heavy (non-hydrogen) atoms. The van der Waals surface area contributed by atoms with Crippen LogP contribution in [0.15, 0.2) is 41.0 Å². The van der Waals surface area contributed by atoms with Crippen molar-refractivity contribution in [1.29, 1.82) is 0 Å². The van der Waals surface area contributed by atoms with Crippen molar-refractivity contribution in [3.8, 4) is 11.6 Å². The first-order chi connectivity index (χ1) is 15.2. The summed E-state index contributed by atoms with van der Waals surface area (Å²) < 4.78 is 12.0. The second-order valence-corrected chi connectivity index (χ2v) is 8.41. The van der Waals surface area contributed by atoms with E-state index in [9.17, 15) is 9.59 Å². The zero-order chi connectivity index (χ0) is 22.9. The molecule has 4 rings (SSSR count). The molecule has 3 aromatic heterocycles. The number of ether oxygens (including phenoxy) is 1. The van der Waals surface area contributed by atoms with Gasteiger partial charge in [0.1, 0.15) is 5.60 Å². The normalized spacial score (nSPS) is 11.6. The molecular formula is C21H21ClN6O4. The Bertz CT molecular complexity index is 1290. The van der Waals surface area contributed by atoms with Gasteiger partial charge in [-0.25, -0.2) is 14.8 Å². The molecule has 10 nitrogen and oxygen atoms in total. The minimum Gasteiger partial charge on any atom is -0.461 e. The molecule has 0 atom stereocenters. The molecule has 0 aliphatic rings. The smallest absolute Gasteiger partial charge is 0.407 e. The van der Waals surface area contributed by atoms with Crippen molar-refractivity contribution < 1.29 is 18.7 Å². The SMILES string of the molecule is CC(C)(C)OC(=O)NCCC(=O)Nc1nc2ccc(Cl)cc2c2nc(-c3ccco3)nn12. The first-order valence-electron chi connectivity index (χ1n) is 9.86. The van der Waals surface area contributed by atoms with Gasteiger partial charge in [-0.1, -0.05) is 11.6 Å². The minimum absolute atomic E-state index is 0.0147. The molecule has 0 saturated heterocycles. The highest BCUT2D eigenvalue weighted by atomic mass is 35.5. The Balaban J connectivity index is 1.58. The fourth-order valence-electron chi connectivity index (χ4n) is 2.95. The highest BCUT2D eigenvalue weighted by Gasteiger charge is 2.19. The first kappa shape index (κ1) is 21.6. The Kier molecular flexibility index (Phi) is 5.70. The Morgan fingerprint density at radius 1 is 1.22 bits per heavy atom. The second kappa shape index (κ2) is 8.46. The van der Waals surface area contributed by atoms with E-state index < -0.39 is 11.7 Å². The van der Waals surface area contributed by atoms with Crippen molar-refractivity contribution in [2.45, 2.75) is 32.8 Å². The topological polar surface area (TPSA) is 124 Å². The van der Waals surface area contributed by atoms with Crippen LogP contribution in [0.3, 0.4) is 0 Å². The fraction of sp³-hybridized carbons (Fsp3) is 0.286. The summed E-state index contributed by atoms with van der Waals surface area (Å²) in [7, 11) is 0. The Labute approximate surface area is 187 Å². The van der Waals surface area contributed by atoms with Gasteiger partial charge in [0.05, 0.1) is 11.8 Å². The maximum atomic E-state index is 12.5. The molecular weight excluding hydrogens is 436 g/mol. The highest BCUT2D eigenvalue weighted by Crippen LogP contribution is 2.26. The van der Waals surface area contributed by atoms with Crippen LogP contribution in [0.25, 0.3) is 28.1 Å². The summed E-state index contributed by atoms with van der Waals surface area (Å²) in [6, 6.07) is 8.63. The number of nitrogens with one attached hydrogen (secondary N) is 2.